The van der Waals surface area contributed by atoms with Crippen LogP contribution < -0.4 is 0 Å². The summed E-state index contributed by atoms with van der Waals surface area (Å²) in [6, 6.07) is 11.9. The monoisotopic (exact) mass is 429 g/mol. The lowest BCUT2D eigenvalue weighted by atomic mass is 10.1. The van der Waals surface area contributed by atoms with Gasteiger partial charge in [-0.25, -0.2) is 0 Å². The predicted octanol–water partition coefficient (Wildman–Crippen LogP) is 5.17. The van der Waals surface area contributed by atoms with E-state index in [4.69, 9.17) is 11.6 Å². The average molecular weight is 430 g/mol. The predicted molar refractivity (Wildman–Crippen MR) is 122 cm³/mol. The number of rotatable bonds is 6. The van der Waals surface area contributed by atoms with Gasteiger partial charge in [-0.15, -0.1) is 0 Å². The highest BCUT2D eigenvalue weighted by Crippen LogP contribution is 2.46. The number of hydrogen-bond acceptors (Lipinski definition) is 3. The van der Waals surface area contributed by atoms with Gasteiger partial charge < -0.3 is 14.4 Å². The minimum absolute atomic E-state index is 0.0194. The van der Waals surface area contributed by atoms with Crippen molar-refractivity contribution in [2.45, 2.75) is 31.1 Å². The maximum absolute atomic E-state index is 13.3. The molecule has 0 bridgehead atoms. The summed E-state index contributed by atoms with van der Waals surface area (Å²) in [5, 5.41) is 0.692. The SMILES string of the molecule is Cn1cccc1/C=C1\SC(c2cccc(Cl)c2)N(CCCN2CCCCC2)C1=O. The van der Waals surface area contributed by atoms with Crippen LogP contribution in [0.2, 0.25) is 5.02 Å². The van der Waals surface area contributed by atoms with Gasteiger partial charge in [0.1, 0.15) is 5.37 Å². The van der Waals surface area contributed by atoms with Crippen molar-refractivity contribution in [1.82, 2.24) is 14.4 Å². The number of carbonyl (C=O) groups excluding carboxylic acids is 1. The first-order valence-corrected chi connectivity index (χ1v) is 11.7. The van der Waals surface area contributed by atoms with E-state index in [1.807, 2.05) is 59.1 Å². The third-order valence-corrected chi connectivity index (χ3v) is 7.24. The number of likely N-dealkylation sites (tertiary alicyclic amines) is 1. The van der Waals surface area contributed by atoms with E-state index in [-0.39, 0.29) is 11.3 Å². The smallest absolute Gasteiger partial charge is 0.261 e. The topological polar surface area (TPSA) is 28.5 Å². The zero-order valence-electron chi connectivity index (χ0n) is 16.9. The van der Waals surface area contributed by atoms with E-state index in [2.05, 4.69) is 11.0 Å². The fourth-order valence-corrected chi connectivity index (χ4v) is 5.57. The van der Waals surface area contributed by atoms with Crippen molar-refractivity contribution in [2.75, 3.05) is 26.2 Å². The van der Waals surface area contributed by atoms with E-state index in [9.17, 15) is 4.79 Å². The Morgan fingerprint density at radius 1 is 1.14 bits per heavy atom. The van der Waals surface area contributed by atoms with E-state index in [1.54, 1.807) is 11.8 Å². The van der Waals surface area contributed by atoms with Crippen LogP contribution in [0.3, 0.4) is 0 Å². The fraction of sp³-hybridized carbons (Fsp3) is 0.435. The summed E-state index contributed by atoms with van der Waals surface area (Å²) in [5.41, 5.74) is 2.13. The Morgan fingerprint density at radius 2 is 1.97 bits per heavy atom. The molecule has 0 N–H and O–H groups in total. The van der Waals surface area contributed by atoms with Crippen molar-refractivity contribution in [2.24, 2.45) is 7.05 Å². The number of halogens is 1. The standard InChI is InChI=1S/C23H28ClN3OS/c1-25-11-6-10-20(25)17-21-22(28)27(15-7-14-26-12-3-2-4-13-26)23(29-21)18-8-5-9-19(24)16-18/h5-6,8-11,16-17,23H,2-4,7,12-15H2,1H3/b21-17-. The molecule has 0 aliphatic carbocycles. The Kier molecular flexibility index (Phi) is 6.68. The van der Waals surface area contributed by atoms with Gasteiger partial charge in [-0.05, 0) is 74.8 Å². The molecule has 2 aromatic rings. The molecule has 2 fully saturated rings. The average Bonchev–Trinajstić information content (AvgIpc) is 3.27. The lowest BCUT2D eigenvalue weighted by molar-refractivity contribution is -0.126. The Morgan fingerprint density at radius 3 is 2.69 bits per heavy atom. The van der Waals surface area contributed by atoms with Crippen LogP contribution in [-0.2, 0) is 11.8 Å². The number of amides is 1. The first kappa shape index (κ1) is 20.6. The molecule has 1 unspecified atom stereocenters. The highest BCUT2D eigenvalue weighted by Gasteiger charge is 2.37. The minimum atomic E-state index is -0.0194. The first-order chi connectivity index (χ1) is 14.1. The summed E-state index contributed by atoms with van der Waals surface area (Å²) in [6.45, 7) is 4.22. The zero-order chi connectivity index (χ0) is 20.2. The maximum atomic E-state index is 13.3. The zero-order valence-corrected chi connectivity index (χ0v) is 18.5. The summed E-state index contributed by atoms with van der Waals surface area (Å²) in [4.78, 5) is 18.6. The fourth-order valence-electron chi connectivity index (χ4n) is 4.11. The molecule has 1 aromatic heterocycles. The van der Waals surface area contributed by atoms with Gasteiger partial charge in [-0.1, -0.05) is 41.9 Å². The number of aromatic nitrogens is 1. The molecule has 6 heteroatoms. The van der Waals surface area contributed by atoms with Crippen molar-refractivity contribution in [1.29, 1.82) is 0 Å². The Hall–Kier alpha value is -1.69. The van der Waals surface area contributed by atoms with E-state index in [0.29, 0.717) is 5.02 Å². The van der Waals surface area contributed by atoms with Gasteiger partial charge in [-0.2, -0.15) is 0 Å². The van der Waals surface area contributed by atoms with Crippen LogP contribution in [0.25, 0.3) is 6.08 Å². The number of thioether (sulfide) groups is 1. The summed E-state index contributed by atoms with van der Waals surface area (Å²) in [6.07, 6.45) is 8.96. The van der Waals surface area contributed by atoms with Gasteiger partial charge >= 0.3 is 0 Å². The molecule has 2 aliphatic heterocycles. The highest BCUT2D eigenvalue weighted by atomic mass is 35.5. The number of piperidine rings is 1. The minimum Gasteiger partial charge on any atom is -0.351 e. The van der Waals surface area contributed by atoms with Crippen molar-refractivity contribution >= 4 is 35.3 Å². The summed E-state index contributed by atoms with van der Waals surface area (Å²) < 4.78 is 2.04. The van der Waals surface area contributed by atoms with Crippen LogP contribution in [0.15, 0.2) is 47.5 Å². The van der Waals surface area contributed by atoms with Gasteiger partial charge in [0.05, 0.1) is 4.91 Å². The third kappa shape index (κ3) is 4.90. The molecule has 4 rings (SSSR count). The van der Waals surface area contributed by atoms with Gasteiger partial charge in [0, 0.05) is 30.5 Å². The molecule has 0 radical (unpaired) electrons. The van der Waals surface area contributed by atoms with Crippen LogP contribution >= 0.6 is 23.4 Å². The molecule has 1 amide bonds. The molecular formula is C23H28ClN3OS. The lowest BCUT2D eigenvalue weighted by Gasteiger charge is -2.28. The highest BCUT2D eigenvalue weighted by molar-refractivity contribution is 8.04. The van der Waals surface area contributed by atoms with Crippen LogP contribution in [0, 0.1) is 0 Å². The lowest BCUT2D eigenvalue weighted by Crippen LogP contribution is -2.34. The Balaban J connectivity index is 1.52. The van der Waals surface area contributed by atoms with Crippen LogP contribution in [0.1, 0.15) is 42.3 Å². The molecule has 3 heterocycles. The van der Waals surface area contributed by atoms with Crippen molar-refractivity contribution in [3.63, 3.8) is 0 Å². The van der Waals surface area contributed by atoms with Crippen LogP contribution in [0.5, 0.6) is 0 Å². The molecule has 1 atom stereocenters. The second-order valence-electron chi connectivity index (χ2n) is 7.83. The van der Waals surface area contributed by atoms with E-state index >= 15 is 0 Å². The molecule has 4 nitrogen and oxygen atoms in total. The quantitative estimate of drug-likeness (QED) is 0.593. The second kappa shape index (κ2) is 9.41. The number of nitrogens with zero attached hydrogens (tertiary/aromatic N) is 3. The summed E-state index contributed by atoms with van der Waals surface area (Å²) in [5.74, 6) is 0.125. The largest absolute Gasteiger partial charge is 0.351 e. The molecular weight excluding hydrogens is 402 g/mol. The summed E-state index contributed by atoms with van der Waals surface area (Å²) in [7, 11) is 2.00. The number of carbonyl (C=O) groups is 1. The molecule has 0 spiro atoms. The Labute approximate surface area is 182 Å². The van der Waals surface area contributed by atoms with Crippen LogP contribution in [-0.4, -0.2) is 46.5 Å². The number of hydrogen-bond donors (Lipinski definition) is 0. The molecule has 154 valence electrons. The molecule has 2 aliphatic rings. The van der Waals surface area contributed by atoms with E-state index < -0.39 is 0 Å². The number of aryl methyl sites for hydroxylation is 1. The van der Waals surface area contributed by atoms with Gasteiger partial charge in [-0.3, -0.25) is 4.79 Å². The summed E-state index contributed by atoms with van der Waals surface area (Å²) >= 11 is 7.88. The molecule has 2 saturated heterocycles. The maximum Gasteiger partial charge on any atom is 0.261 e. The van der Waals surface area contributed by atoms with Crippen molar-refractivity contribution in [3.8, 4) is 0 Å². The van der Waals surface area contributed by atoms with Gasteiger partial charge in [0.25, 0.3) is 5.91 Å². The molecule has 29 heavy (non-hydrogen) atoms. The van der Waals surface area contributed by atoms with Crippen LogP contribution in [0.4, 0.5) is 0 Å². The van der Waals surface area contributed by atoms with E-state index in [0.717, 1.165) is 35.7 Å². The Bertz CT molecular complexity index is 888. The molecule has 0 saturated carbocycles. The normalized spacial score (nSPS) is 22.0. The third-order valence-electron chi connectivity index (χ3n) is 5.71. The van der Waals surface area contributed by atoms with E-state index in [1.165, 1.54) is 32.4 Å². The second-order valence-corrected chi connectivity index (χ2v) is 9.39. The molecule has 1 aromatic carbocycles. The van der Waals surface area contributed by atoms with Crippen molar-refractivity contribution in [3.05, 3.63) is 63.8 Å². The van der Waals surface area contributed by atoms with Crippen molar-refractivity contribution < 1.29 is 4.79 Å². The van der Waals surface area contributed by atoms with Gasteiger partial charge in [0.15, 0.2) is 0 Å². The number of benzene rings is 1. The first-order valence-electron chi connectivity index (χ1n) is 10.4. The van der Waals surface area contributed by atoms with Gasteiger partial charge in [0.2, 0.25) is 0 Å².